The van der Waals surface area contributed by atoms with E-state index in [1.165, 1.54) is 10.2 Å². The van der Waals surface area contributed by atoms with Crippen LogP contribution in [0.3, 0.4) is 0 Å². The summed E-state index contributed by atoms with van der Waals surface area (Å²) in [6.45, 7) is 1.80. The van der Waals surface area contributed by atoms with E-state index in [4.69, 9.17) is 0 Å². The minimum atomic E-state index is -0.387. The van der Waals surface area contributed by atoms with Crippen LogP contribution in [0.5, 0.6) is 0 Å². The molecule has 0 saturated heterocycles. The summed E-state index contributed by atoms with van der Waals surface area (Å²) in [5.74, 6) is 0. The number of thiazole rings is 1. The van der Waals surface area contributed by atoms with Gasteiger partial charge in [0.15, 0.2) is 0 Å². The second-order valence-corrected chi connectivity index (χ2v) is 4.21. The van der Waals surface area contributed by atoms with Crippen molar-refractivity contribution in [3.63, 3.8) is 0 Å². The van der Waals surface area contributed by atoms with Gasteiger partial charge >= 0.3 is 0 Å². The average molecular weight is 194 g/mol. The highest BCUT2D eigenvalue weighted by atomic mass is 32.1. The molecule has 0 aliphatic rings. The fourth-order valence-corrected chi connectivity index (χ4v) is 2.57. The molecule has 1 aromatic carbocycles. The number of rotatable bonds is 1. The third-order valence-electron chi connectivity index (χ3n) is 2.13. The van der Waals surface area contributed by atoms with Gasteiger partial charge in [0.2, 0.25) is 5.52 Å². The lowest BCUT2D eigenvalue weighted by molar-refractivity contribution is -0.651. The Hall–Kier alpha value is -0.930. The Labute approximate surface area is 81.1 Å². The molecule has 1 aromatic heterocycles. The number of aromatic nitrogens is 1. The molecule has 0 amide bonds. The zero-order valence-corrected chi connectivity index (χ0v) is 8.51. The third kappa shape index (κ3) is 1.34. The largest absolute Gasteiger partial charge is 0.381 e. The van der Waals surface area contributed by atoms with Gasteiger partial charge in [-0.05, 0) is 13.0 Å². The van der Waals surface area contributed by atoms with Crippen LogP contribution in [0.4, 0.5) is 0 Å². The summed E-state index contributed by atoms with van der Waals surface area (Å²) in [5, 5.41) is 10.5. The van der Waals surface area contributed by atoms with Crippen LogP contribution in [0.25, 0.3) is 10.2 Å². The number of para-hydroxylation sites is 1. The van der Waals surface area contributed by atoms with Crippen molar-refractivity contribution in [2.75, 3.05) is 0 Å². The molecule has 0 radical (unpaired) electrons. The van der Waals surface area contributed by atoms with Gasteiger partial charge < -0.3 is 5.11 Å². The van der Waals surface area contributed by atoms with Crippen molar-refractivity contribution >= 4 is 21.6 Å². The number of nitrogens with zero attached hydrogens (tertiary/aromatic N) is 1. The summed E-state index contributed by atoms with van der Waals surface area (Å²) < 4.78 is 3.27. The van der Waals surface area contributed by atoms with Crippen molar-refractivity contribution < 1.29 is 9.67 Å². The van der Waals surface area contributed by atoms with E-state index in [1.54, 1.807) is 18.3 Å². The van der Waals surface area contributed by atoms with Gasteiger partial charge in [0.05, 0.1) is 0 Å². The van der Waals surface area contributed by atoms with Crippen molar-refractivity contribution in [2.45, 2.75) is 13.0 Å². The number of hydrogen-bond acceptors (Lipinski definition) is 2. The van der Waals surface area contributed by atoms with Gasteiger partial charge in [0, 0.05) is 6.07 Å². The standard InChI is InChI=1S/C10H12NOS/c1-7(12)10-11(2)8-5-3-4-6-9(8)13-10/h3-7,12H,1-2H3/q+1. The summed E-state index contributed by atoms with van der Waals surface area (Å²) in [5.41, 5.74) is 1.18. The van der Waals surface area contributed by atoms with E-state index in [9.17, 15) is 5.11 Å². The highest BCUT2D eigenvalue weighted by Gasteiger charge is 2.19. The summed E-state index contributed by atoms with van der Waals surface area (Å²) in [6, 6.07) is 8.18. The van der Waals surface area contributed by atoms with Gasteiger partial charge in [-0.25, -0.2) is 0 Å². The van der Waals surface area contributed by atoms with Crippen LogP contribution in [0.2, 0.25) is 0 Å². The van der Waals surface area contributed by atoms with Gasteiger partial charge in [-0.2, -0.15) is 4.57 Å². The molecule has 1 N–H and O–H groups in total. The molecule has 0 fully saturated rings. The smallest absolute Gasteiger partial charge is 0.266 e. The van der Waals surface area contributed by atoms with E-state index >= 15 is 0 Å². The van der Waals surface area contributed by atoms with Gasteiger partial charge in [0.1, 0.15) is 17.9 Å². The van der Waals surface area contributed by atoms with Gasteiger partial charge in [-0.1, -0.05) is 23.5 Å². The lowest BCUT2D eigenvalue weighted by Gasteiger charge is -1.94. The summed E-state index contributed by atoms with van der Waals surface area (Å²) >= 11 is 1.64. The van der Waals surface area contributed by atoms with Crippen molar-refractivity contribution in [3.05, 3.63) is 29.3 Å². The van der Waals surface area contributed by atoms with E-state index in [2.05, 4.69) is 12.1 Å². The van der Waals surface area contributed by atoms with Crippen molar-refractivity contribution in [3.8, 4) is 0 Å². The second kappa shape index (κ2) is 3.09. The monoisotopic (exact) mass is 194 g/mol. The number of benzene rings is 1. The molecule has 2 nitrogen and oxygen atoms in total. The molecule has 0 saturated carbocycles. The van der Waals surface area contributed by atoms with Crippen LogP contribution in [-0.2, 0) is 7.05 Å². The molecule has 0 spiro atoms. The Balaban J connectivity index is 2.74. The Bertz CT molecular complexity index is 433. The maximum atomic E-state index is 9.50. The highest BCUT2D eigenvalue weighted by molar-refractivity contribution is 7.18. The number of aliphatic hydroxyl groups excluding tert-OH is 1. The molecule has 0 aliphatic heterocycles. The van der Waals surface area contributed by atoms with Crippen LogP contribution in [0, 0.1) is 0 Å². The molecule has 2 aromatic rings. The Morgan fingerprint density at radius 3 is 2.69 bits per heavy atom. The van der Waals surface area contributed by atoms with Gasteiger partial charge in [0.25, 0.3) is 5.01 Å². The van der Waals surface area contributed by atoms with Crippen molar-refractivity contribution in [2.24, 2.45) is 7.05 Å². The predicted octanol–water partition coefficient (Wildman–Crippen LogP) is 1.78. The first kappa shape index (κ1) is 8.66. The van der Waals surface area contributed by atoms with E-state index in [0.29, 0.717) is 0 Å². The zero-order valence-electron chi connectivity index (χ0n) is 7.69. The van der Waals surface area contributed by atoms with Crippen LogP contribution in [-0.4, -0.2) is 5.11 Å². The molecule has 0 bridgehead atoms. The zero-order chi connectivity index (χ0) is 9.42. The number of aliphatic hydroxyl groups is 1. The quantitative estimate of drug-likeness (QED) is 0.687. The summed E-state index contributed by atoms with van der Waals surface area (Å²) in [4.78, 5) is 0. The minimum Gasteiger partial charge on any atom is -0.381 e. The van der Waals surface area contributed by atoms with E-state index < -0.39 is 0 Å². The Morgan fingerprint density at radius 2 is 2.08 bits per heavy atom. The molecule has 68 valence electrons. The second-order valence-electron chi connectivity index (χ2n) is 3.14. The van der Waals surface area contributed by atoms with E-state index in [0.717, 1.165) is 5.01 Å². The lowest BCUT2D eigenvalue weighted by atomic mass is 10.3. The molecule has 3 heteroatoms. The molecule has 13 heavy (non-hydrogen) atoms. The number of hydrogen-bond donors (Lipinski definition) is 1. The average Bonchev–Trinajstić information content (AvgIpc) is 2.45. The number of fused-ring (bicyclic) bond motifs is 1. The summed E-state index contributed by atoms with van der Waals surface area (Å²) in [7, 11) is 1.99. The first-order valence-electron chi connectivity index (χ1n) is 4.25. The Morgan fingerprint density at radius 1 is 1.38 bits per heavy atom. The van der Waals surface area contributed by atoms with Crippen molar-refractivity contribution in [1.29, 1.82) is 0 Å². The SMILES string of the molecule is CC(O)c1sc2ccccc2[n+]1C. The Kier molecular flexibility index (Phi) is 2.06. The fourth-order valence-electron chi connectivity index (χ4n) is 1.49. The maximum Gasteiger partial charge on any atom is 0.266 e. The first-order valence-corrected chi connectivity index (χ1v) is 5.07. The minimum absolute atomic E-state index is 0.387. The highest BCUT2D eigenvalue weighted by Crippen LogP contribution is 2.23. The topological polar surface area (TPSA) is 24.1 Å². The third-order valence-corrected chi connectivity index (χ3v) is 3.52. The van der Waals surface area contributed by atoms with Crippen molar-refractivity contribution in [1.82, 2.24) is 0 Å². The van der Waals surface area contributed by atoms with Crippen LogP contribution < -0.4 is 4.57 Å². The normalized spacial score (nSPS) is 13.5. The molecule has 0 aliphatic carbocycles. The maximum absolute atomic E-state index is 9.50. The molecule has 1 atom stereocenters. The van der Waals surface area contributed by atoms with Gasteiger partial charge in [-0.3, -0.25) is 0 Å². The van der Waals surface area contributed by atoms with Crippen LogP contribution in [0.1, 0.15) is 18.0 Å². The first-order chi connectivity index (χ1) is 6.20. The molecular weight excluding hydrogens is 182 g/mol. The summed E-state index contributed by atoms with van der Waals surface area (Å²) in [6.07, 6.45) is -0.387. The molecular formula is C10H12NOS+. The molecule has 1 heterocycles. The lowest BCUT2D eigenvalue weighted by Crippen LogP contribution is -2.31. The van der Waals surface area contributed by atoms with Crippen LogP contribution >= 0.6 is 11.3 Å². The van der Waals surface area contributed by atoms with E-state index in [1.807, 2.05) is 23.7 Å². The number of aryl methyl sites for hydroxylation is 1. The predicted molar refractivity (Wildman–Crippen MR) is 53.6 cm³/mol. The molecule has 1 unspecified atom stereocenters. The van der Waals surface area contributed by atoms with Gasteiger partial charge in [-0.15, -0.1) is 0 Å². The molecule has 2 rings (SSSR count). The fraction of sp³-hybridized carbons (Fsp3) is 0.300. The van der Waals surface area contributed by atoms with Crippen LogP contribution in [0.15, 0.2) is 24.3 Å². The van der Waals surface area contributed by atoms with E-state index in [-0.39, 0.29) is 6.10 Å².